The van der Waals surface area contributed by atoms with Crippen LogP contribution in [0.3, 0.4) is 0 Å². The first-order valence-electron chi connectivity index (χ1n) is 6.94. The van der Waals surface area contributed by atoms with Crippen LogP contribution in [0.25, 0.3) is 11.3 Å². The summed E-state index contributed by atoms with van der Waals surface area (Å²) in [5.74, 6) is 1.02. The summed E-state index contributed by atoms with van der Waals surface area (Å²) in [6.45, 7) is 0.391. The van der Waals surface area contributed by atoms with Gasteiger partial charge in [-0.25, -0.2) is 0 Å². The number of phenols is 1. The largest absolute Gasteiger partial charge is 0.504 e. The smallest absolute Gasteiger partial charge is 0.167 e. The molecule has 0 fully saturated rings. The van der Waals surface area contributed by atoms with E-state index in [0.717, 1.165) is 5.56 Å². The molecule has 5 heteroatoms. The van der Waals surface area contributed by atoms with Gasteiger partial charge < -0.3 is 15.6 Å². The Kier molecular flexibility index (Phi) is 3.70. The Balaban J connectivity index is 1.86. The van der Waals surface area contributed by atoms with E-state index in [1.165, 1.54) is 0 Å². The Bertz CT molecular complexity index is 762. The van der Waals surface area contributed by atoms with E-state index in [9.17, 15) is 5.11 Å². The highest BCUT2D eigenvalue weighted by molar-refractivity contribution is 5.72. The van der Waals surface area contributed by atoms with Crippen LogP contribution in [0, 0.1) is 0 Å². The van der Waals surface area contributed by atoms with Gasteiger partial charge in [0, 0.05) is 18.7 Å². The maximum absolute atomic E-state index is 10.4. The van der Waals surface area contributed by atoms with Gasteiger partial charge in [-0.05, 0) is 17.7 Å². The van der Waals surface area contributed by atoms with Gasteiger partial charge in [0.1, 0.15) is 12.4 Å². The summed E-state index contributed by atoms with van der Waals surface area (Å²) in [4.78, 5) is 0. The highest BCUT2D eigenvalue weighted by Gasteiger charge is 2.13. The Morgan fingerprint density at radius 2 is 1.91 bits per heavy atom. The van der Waals surface area contributed by atoms with E-state index in [0.29, 0.717) is 29.4 Å². The van der Waals surface area contributed by atoms with Crippen LogP contribution in [0.4, 0.5) is 5.82 Å². The van der Waals surface area contributed by atoms with Crippen LogP contribution in [-0.4, -0.2) is 14.9 Å². The summed E-state index contributed by atoms with van der Waals surface area (Å²) >= 11 is 0. The second-order valence-electron chi connectivity index (χ2n) is 5.00. The molecule has 0 aliphatic carbocycles. The van der Waals surface area contributed by atoms with E-state index >= 15 is 0 Å². The lowest BCUT2D eigenvalue weighted by Gasteiger charge is -2.10. The fourth-order valence-corrected chi connectivity index (χ4v) is 2.19. The molecule has 1 aromatic heterocycles. The number of aromatic hydroxyl groups is 1. The second-order valence-corrected chi connectivity index (χ2v) is 5.00. The first-order valence-corrected chi connectivity index (χ1v) is 6.94. The third-order valence-corrected chi connectivity index (χ3v) is 3.43. The Morgan fingerprint density at radius 1 is 1.14 bits per heavy atom. The molecular formula is C17H17N3O2. The van der Waals surface area contributed by atoms with Gasteiger partial charge in [0.2, 0.25) is 0 Å². The second kappa shape index (κ2) is 5.81. The monoisotopic (exact) mass is 295 g/mol. The highest BCUT2D eigenvalue weighted by Crippen LogP contribution is 2.37. The Morgan fingerprint density at radius 3 is 2.59 bits per heavy atom. The number of benzene rings is 2. The van der Waals surface area contributed by atoms with Crippen molar-refractivity contribution in [2.75, 3.05) is 5.73 Å². The first-order chi connectivity index (χ1) is 10.6. The van der Waals surface area contributed by atoms with Gasteiger partial charge in [-0.1, -0.05) is 36.4 Å². The molecule has 1 heterocycles. The number of para-hydroxylation sites is 1. The number of hydrogen-bond donors (Lipinski definition) is 2. The number of aromatic nitrogens is 2. The molecule has 3 N–H and O–H groups in total. The third-order valence-electron chi connectivity index (χ3n) is 3.43. The molecule has 0 amide bonds. The molecule has 0 atom stereocenters. The van der Waals surface area contributed by atoms with Crippen LogP contribution in [0.2, 0.25) is 0 Å². The van der Waals surface area contributed by atoms with Gasteiger partial charge in [0.05, 0.1) is 5.69 Å². The van der Waals surface area contributed by atoms with E-state index in [4.69, 9.17) is 10.5 Å². The summed E-state index contributed by atoms with van der Waals surface area (Å²) < 4.78 is 7.27. The van der Waals surface area contributed by atoms with Gasteiger partial charge in [-0.3, -0.25) is 4.68 Å². The summed E-state index contributed by atoms with van der Waals surface area (Å²) in [7, 11) is 1.76. The standard InChI is InChI=1S/C17H17N3O2/c1-20-16(18)10-14(19-20)13-8-5-9-15(17(13)21)22-11-12-6-3-2-4-7-12/h2-10,21H,11,18H2,1H3. The van der Waals surface area contributed by atoms with Crippen LogP contribution < -0.4 is 10.5 Å². The molecule has 0 aliphatic heterocycles. The maximum atomic E-state index is 10.4. The van der Waals surface area contributed by atoms with Crippen molar-refractivity contribution < 1.29 is 9.84 Å². The molecule has 0 radical (unpaired) electrons. The number of rotatable bonds is 4. The minimum Gasteiger partial charge on any atom is -0.504 e. The molecular weight excluding hydrogens is 278 g/mol. The van der Waals surface area contributed by atoms with E-state index < -0.39 is 0 Å². The molecule has 0 saturated heterocycles. The number of nitrogen functional groups attached to an aromatic ring is 1. The molecule has 0 spiro atoms. The predicted molar refractivity (Wildman–Crippen MR) is 85.5 cm³/mol. The van der Waals surface area contributed by atoms with Crippen LogP contribution in [0.5, 0.6) is 11.5 Å². The van der Waals surface area contributed by atoms with Gasteiger partial charge in [-0.15, -0.1) is 0 Å². The van der Waals surface area contributed by atoms with Crippen molar-refractivity contribution in [1.82, 2.24) is 9.78 Å². The van der Waals surface area contributed by atoms with Gasteiger partial charge >= 0.3 is 0 Å². The van der Waals surface area contributed by atoms with Gasteiger partial charge in [0.25, 0.3) is 0 Å². The zero-order chi connectivity index (χ0) is 15.5. The number of anilines is 1. The third kappa shape index (κ3) is 2.74. The van der Waals surface area contributed by atoms with Crippen LogP contribution in [-0.2, 0) is 13.7 Å². The molecule has 0 saturated carbocycles. The molecule has 3 rings (SSSR count). The topological polar surface area (TPSA) is 73.3 Å². The van der Waals surface area contributed by atoms with Crippen molar-refractivity contribution in [2.45, 2.75) is 6.61 Å². The van der Waals surface area contributed by atoms with E-state index in [2.05, 4.69) is 5.10 Å². The normalized spacial score (nSPS) is 10.6. The average molecular weight is 295 g/mol. The predicted octanol–water partition coefficient (Wildman–Crippen LogP) is 2.95. The SMILES string of the molecule is Cn1nc(-c2cccc(OCc3ccccc3)c2O)cc1N. The maximum Gasteiger partial charge on any atom is 0.167 e. The van der Waals surface area contributed by atoms with E-state index in [1.807, 2.05) is 36.4 Å². The molecule has 0 aliphatic rings. The first kappa shape index (κ1) is 14.0. The zero-order valence-electron chi connectivity index (χ0n) is 12.2. The number of ether oxygens (including phenoxy) is 1. The molecule has 5 nitrogen and oxygen atoms in total. The summed E-state index contributed by atoms with van der Waals surface area (Å²) in [6.07, 6.45) is 0. The number of phenolic OH excluding ortho intramolecular Hbond substituents is 1. The van der Waals surface area contributed by atoms with Crippen molar-refractivity contribution in [3.63, 3.8) is 0 Å². The van der Waals surface area contributed by atoms with Gasteiger partial charge in [-0.2, -0.15) is 5.10 Å². The molecule has 22 heavy (non-hydrogen) atoms. The van der Waals surface area contributed by atoms with Crippen LogP contribution in [0.15, 0.2) is 54.6 Å². The number of nitrogens with zero attached hydrogens (tertiary/aromatic N) is 2. The van der Waals surface area contributed by atoms with Crippen molar-refractivity contribution in [3.05, 3.63) is 60.2 Å². The molecule has 3 aromatic rings. The highest BCUT2D eigenvalue weighted by atomic mass is 16.5. The van der Waals surface area contributed by atoms with Crippen molar-refractivity contribution in [3.8, 4) is 22.8 Å². The Labute approximate surface area is 128 Å². The minimum absolute atomic E-state index is 0.0662. The van der Waals surface area contributed by atoms with Crippen LogP contribution in [0.1, 0.15) is 5.56 Å². The lowest BCUT2D eigenvalue weighted by molar-refractivity contribution is 0.289. The lowest BCUT2D eigenvalue weighted by atomic mass is 10.1. The number of nitrogens with two attached hydrogens (primary N) is 1. The quantitative estimate of drug-likeness (QED) is 0.776. The fourth-order valence-electron chi connectivity index (χ4n) is 2.19. The minimum atomic E-state index is 0.0662. The molecule has 0 unspecified atom stereocenters. The lowest BCUT2D eigenvalue weighted by Crippen LogP contribution is -1.97. The van der Waals surface area contributed by atoms with E-state index in [-0.39, 0.29) is 5.75 Å². The van der Waals surface area contributed by atoms with Crippen molar-refractivity contribution >= 4 is 5.82 Å². The Hall–Kier alpha value is -2.95. The molecule has 2 aromatic carbocycles. The average Bonchev–Trinajstić information content (AvgIpc) is 2.86. The number of aryl methyl sites for hydroxylation is 1. The van der Waals surface area contributed by atoms with Crippen molar-refractivity contribution in [2.24, 2.45) is 7.05 Å². The molecule has 112 valence electrons. The van der Waals surface area contributed by atoms with Crippen molar-refractivity contribution in [1.29, 1.82) is 0 Å². The molecule has 0 bridgehead atoms. The van der Waals surface area contributed by atoms with Gasteiger partial charge in [0.15, 0.2) is 11.5 Å². The fraction of sp³-hybridized carbons (Fsp3) is 0.118. The van der Waals surface area contributed by atoms with Crippen LogP contribution >= 0.6 is 0 Å². The zero-order valence-corrected chi connectivity index (χ0v) is 12.2. The summed E-state index contributed by atoms with van der Waals surface area (Å²) in [6, 6.07) is 16.8. The van der Waals surface area contributed by atoms with E-state index in [1.54, 1.807) is 29.9 Å². The summed E-state index contributed by atoms with van der Waals surface area (Å²) in [5, 5.41) is 14.7. The number of hydrogen-bond acceptors (Lipinski definition) is 4. The summed E-state index contributed by atoms with van der Waals surface area (Å²) in [5.41, 5.74) is 8.03.